The number of carbonyl (C=O) groups excluding carboxylic acids is 1. The first-order valence-corrected chi connectivity index (χ1v) is 11.6. The number of pyridine rings is 1. The van der Waals surface area contributed by atoms with E-state index in [1.807, 2.05) is 36.9 Å². The van der Waals surface area contributed by atoms with Crippen LogP contribution >= 0.6 is 0 Å². The van der Waals surface area contributed by atoms with Crippen LogP contribution in [0.15, 0.2) is 24.5 Å². The fraction of sp³-hybridized carbons (Fsp3) is 0.458. The number of aryl methyl sites for hydroxylation is 1. The Bertz CT molecular complexity index is 1390. The molecular weight excluding hydrogens is 430 g/mol. The first-order chi connectivity index (χ1) is 16.2. The molecule has 0 bridgehead atoms. The van der Waals surface area contributed by atoms with E-state index in [0.29, 0.717) is 5.95 Å². The molecule has 4 heterocycles. The van der Waals surface area contributed by atoms with Crippen molar-refractivity contribution in [3.8, 4) is 11.1 Å². The normalized spacial score (nSPS) is 20.0. The largest absolute Gasteiger partial charge is 0.371 e. The molecule has 4 aromatic heterocycles. The topological polar surface area (TPSA) is 114 Å². The average molecular weight is 462 g/mol. The third kappa shape index (κ3) is 3.72. The molecule has 0 spiro atoms. The van der Waals surface area contributed by atoms with Gasteiger partial charge in [-0.05, 0) is 52.7 Å². The van der Waals surface area contributed by atoms with Crippen LogP contribution in [0.3, 0.4) is 0 Å². The molecular formula is C24H31N9O. The van der Waals surface area contributed by atoms with Crippen molar-refractivity contribution < 1.29 is 4.79 Å². The van der Waals surface area contributed by atoms with Crippen molar-refractivity contribution in [2.75, 3.05) is 17.7 Å². The van der Waals surface area contributed by atoms with Crippen molar-refractivity contribution in [1.29, 1.82) is 0 Å². The first-order valence-electron chi connectivity index (χ1n) is 11.6. The Morgan fingerprint density at radius 3 is 2.71 bits per heavy atom. The second-order valence-electron chi connectivity index (χ2n) is 9.74. The number of rotatable bonds is 6. The van der Waals surface area contributed by atoms with Gasteiger partial charge in [0.1, 0.15) is 11.3 Å². The monoisotopic (exact) mass is 461 g/mol. The number of aromatic nitrogens is 6. The lowest BCUT2D eigenvalue weighted by Crippen LogP contribution is -2.59. The van der Waals surface area contributed by atoms with E-state index in [1.165, 1.54) is 0 Å². The standard InChI is InChI=1S/C24H31N9O/c1-13(2)33-14(3)27-21-19(33)9-16(12-26-21)18-7-8-32-20(18)22(25-6)29-23(31-32)28-17-10-24(5,11-17)30-15(4)34/h7-9,12-13,17H,10-11H2,1-6H3,(H,30,34)(H2,25,28,29,31). The lowest BCUT2D eigenvalue weighted by atomic mass is 9.74. The predicted octanol–water partition coefficient (Wildman–Crippen LogP) is 3.54. The molecule has 1 fully saturated rings. The minimum Gasteiger partial charge on any atom is -0.371 e. The Morgan fingerprint density at radius 2 is 2.03 bits per heavy atom. The summed E-state index contributed by atoms with van der Waals surface area (Å²) in [6, 6.07) is 4.68. The third-order valence-corrected chi connectivity index (χ3v) is 6.50. The molecule has 0 atom stereocenters. The molecule has 0 aliphatic heterocycles. The smallest absolute Gasteiger partial charge is 0.243 e. The van der Waals surface area contributed by atoms with E-state index < -0.39 is 0 Å². The van der Waals surface area contributed by atoms with Gasteiger partial charge in [0, 0.05) is 55.1 Å². The highest BCUT2D eigenvalue weighted by molar-refractivity contribution is 5.91. The van der Waals surface area contributed by atoms with Gasteiger partial charge in [0.15, 0.2) is 11.5 Å². The van der Waals surface area contributed by atoms with E-state index in [4.69, 9.17) is 10.1 Å². The lowest BCUT2D eigenvalue weighted by Gasteiger charge is -2.45. The van der Waals surface area contributed by atoms with Crippen LogP contribution in [-0.4, -0.2) is 53.7 Å². The van der Waals surface area contributed by atoms with E-state index in [1.54, 1.807) is 6.92 Å². The number of nitrogens with zero attached hydrogens (tertiary/aromatic N) is 6. The molecule has 0 unspecified atom stereocenters. The number of hydrogen-bond acceptors (Lipinski definition) is 7. The van der Waals surface area contributed by atoms with Gasteiger partial charge < -0.3 is 20.5 Å². The molecule has 34 heavy (non-hydrogen) atoms. The second-order valence-corrected chi connectivity index (χ2v) is 9.74. The summed E-state index contributed by atoms with van der Waals surface area (Å²) in [5.41, 5.74) is 4.47. The van der Waals surface area contributed by atoms with Crippen LogP contribution in [0.1, 0.15) is 52.4 Å². The van der Waals surface area contributed by atoms with Gasteiger partial charge in [0.25, 0.3) is 0 Å². The lowest BCUT2D eigenvalue weighted by molar-refractivity contribution is -0.121. The molecule has 0 radical (unpaired) electrons. The maximum Gasteiger partial charge on any atom is 0.243 e. The molecule has 1 aliphatic carbocycles. The molecule has 178 valence electrons. The maximum absolute atomic E-state index is 11.4. The number of imidazole rings is 1. The molecule has 5 rings (SSSR count). The molecule has 10 heteroatoms. The number of anilines is 2. The zero-order valence-corrected chi connectivity index (χ0v) is 20.5. The van der Waals surface area contributed by atoms with Crippen molar-refractivity contribution in [2.45, 2.75) is 65.1 Å². The highest BCUT2D eigenvalue weighted by Crippen LogP contribution is 2.35. The fourth-order valence-corrected chi connectivity index (χ4v) is 5.22. The van der Waals surface area contributed by atoms with Crippen LogP contribution in [0.25, 0.3) is 27.8 Å². The highest BCUT2D eigenvalue weighted by Gasteiger charge is 2.41. The number of hydrogen-bond donors (Lipinski definition) is 3. The summed E-state index contributed by atoms with van der Waals surface area (Å²) in [5, 5.41) is 14.4. The Hall–Kier alpha value is -3.69. The zero-order valence-electron chi connectivity index (χ0n) is 20.5. The van der Waals surface area contributed by atoms with Gasteiger partial charge in [0.2, 0.25) is 11.9 Å². The molecule has 0 aromatic carbocycles. The summed E-state index contributed by atoms with van der Waals surface area (Å²) < 4.78 is 4.05. The highest BCUT2D eigenvalue weighted by atomic mass is 16.1. The van der Waals surface area contributed by atoms with Crippen LogP contribution in [-0.2, 0) is 4.79 Å². The summed E-state index contributed by atoms with van der Waals surface area (Å²) >= 11 is 0. The van der Waals surface area contributed by atoms with Gasteiger partial charge in [-0.3, -0.25) is 4.79 Å². The second kappa shape index (κ2) is 7.96. The average Bonchev–Trinajstić information content (AvgIpc) is 3.31. The van der Waals surface area contributed by atoms with Crippen molar-refractivity contribution in [1.82, 2.24) is 34.4 Å². The van der Waals surface area contributed by atoms with Gasteiger partial charge >= 0.3 is 0 Å². The molecule has 0 saturated heterocycles. The minimum atomic E-state index is -0.174. The quantitative estimate of drug-likeness (QED) is 0.402. The third-order valence-electron chi connectivity index (χ3n) is 6.50. The van der Waals surface area contributed by atoms with Crippen LogP contribution in [0, 0.1) is 6.92 Å². The van der Waals surface area contributed by atoms with Crippen molar-refractivity contribution in [2.24, 2.45) is 0 Å². The summed E-state index contributed by atoms with van der Waals surface area (Å²) in [5.74, 6) is 2.23. The Morgan fingerprint density at radius 1 is 1.26 bits per heavy atom. The summed E-state index contributed by atoms with van der Waals surface area (Å²) in [4.78, 5) is 25.4. The zero-order chi connectivity index (χ0) is 24.2. The van der Waals surface area contributed by atoms with Gasteiger partial charge in [0.05, 0.1) is 5.52 Å². The number of amides is 1. The van der Waals surface area contributed by atoms with Crippen molar-refractivity contribution in [3.05, 3.63) is 30.4 Å². The summed E-state index contributed by atoms with van der Waals surface area (Å²) in [6.07, 6.45) is 5.45. The fourth-order valence-electron chi connectivity index (χ4n) is 5.22. The molecule has 1 amide bonds. The number of carbonyl (C=O) groups is 1. The first kappa shape index (κ1) is 22.1. The molecule has 10 nitrogen and oxygen atoms in total. The molecule has 4 aromatic rings. The Kier molecular flexibility index (Phi) is 5.18. The van der Waals surface area contributed by atoms with Crippen LogP contribution in [0.4, 0.5) is 11.8 Å². The minimum absolute atomic E-state index is 0.00441. The van der Waals surface area contributed by atoms with Crippen LogP contribution in [0.5, 0.6) is 0 Å². The van der Waals surface area contributed by atoms with E-state index in [-0.39, 0.29) is 23.5 Å². The van der Waals surface area contributed by atoms with Crippen molar-refractivity contribution in [3.63, 3.8) is 0 Å². The number of fused-ring (bicyclic) bond motifs is 2. The number of nitrogens with one attached hydrogen (secondary N) is 3. The van der Waals surface area contributed by atoms with E-state index >= 15 is 0 Å². The van der Waals surface area contributed by atoms with Crippen LogP contribution in [0.2, 0.25) is 0 Å². The molecule has 3 N–H and O–H groups in total. The summed E-state index contributed by atoms with van der Waals surface area (Å²) in [6.45, 7) is 9.92. The SMILES string of the molecule is CNc1nc(NC2CC(C)(NC(C)=O)C2)nn2ccc(-c3cnc4nc(C)n(C(C)C)c4c3)c12. The predicted molar refractivity (Wildman–Crippen MR) is 133 cm³/mol. The Labute approximate surface area is 198 Å². The van der Waals surface area contributed by atoms with E-state index in [9.17, 15) is 4.79 Å². The summed E-state index contributed by atoms with van der Waals surface area (Å²) in [7, 11) is 1.86. The van der Waals surface area contributed by atoms with E-state index in [0.717, 1.165) is 52.3 Å². The Balaban J connectivity index is 1.48. The van der Waals surface area contributed by atoms with Gasteiger partial charge in [-0.25, -0.2) is 14.5 Å². The maximum atomic E-state index is 11.4. The van der Waals surface area contributed by atoms with Gasteiger partial charge in [-0.1, -0.05) is 0 Å². The van der Waals surface area contributed by atoms with Crippen molar-refractivity contribution >= 4 is 34.4 Å². The molecule has 1 saturated carbocycles. The van der Waals surface area contributed by atoms with Gasteiger partial charge in [-0.2, -0.15) is 4.98 Å². The van der Waals surface area contributed by atoms with Gasteiger partial charge in [-0.15, -0.1) is 5.10 Å². The van der Waals surface area contributed by atoms with E-state index in [2.05, 4.69) is 57.3 Å². The molecule has 1 aliphatic rings. The van der Waals surface area contributed by atoms with Crippen LogP contribution < -0.4 is 16.0 Å².